The normalized spacial score (nSPS) is 23.3. The number of amides is 1. The third-order valence-electron chi connectivity index (χ3n) is 5.67. The van der Waals surface area contributed by atoms with E-state index in [1.807, 2.05) is 0 Å². The van der Waals surface area contributed by atoms with E-state index in [2.05, 4.69) is 17.9 Å². The van der Waals surface area contributed by atoms with Crippen LogP contribution in [0.1, 0.15) is 31.1 Å². The molecule has 9 heteroatoms. The number of ether oxygens (including phenoxy) is 3. The summed E-state index contributed by atoms with van der Waals surface area (Å²) in [6.07, 6.45) is -3.58. The molecule has 0 aromatic heterocycles. The van der Waals surface area contributed by atoms with Gasteiger partial charge in [0.25, 0.3) is 5.91 Å². The van der Waals surface area contributed by atoms with Crippen LogP contribution in [0.4, 0.5) is 0 Å². The van der Waals surface area contributed by atoms with E-state index in [9.17, 15) is 19.5 Å². The summed E-state index contributed by atoms with van der Waals surface area (Å²) in [5.74, 6) is -1.72. The maximum absolute atomic E-state index is 12.8. The van der Waals surface area contributed by atoms with Gasteiger partial charge in [-0.15, -0.1) is 0 Å². The van der Waals surface area contributed by atoms with Crippen LogP contribution < -0.4 is 5.32 Å². The van der Waals surface area contributed by atoms with E-state index >= 15 is 0 Å². The fraction of sp³-hybridized carbons (Fsp3) is 0.222. The van der Waals surface area contributed by atoms with Crippen molar-refractivity contribution in [2.24, 2.45) is 0 Å². The number of carbonyl (C=O) groups is 3. The molecule has 5 atom stereocenters. The minimum atomic E-state index is -1.56. The van der Waals surface area contributed by atoms with Crippen molar-refractivity contribution >= 4 is 30.5 Å². The minimum absolute atomic E-state index is 0.252. The lowest BCUT2D eigenvalue weighted by Gasteiger charge is -2.42. The largest absolute Gasteiger partial charge is 0.459 e. The number of nitrogens with one attached hydrogen (secondary N) is 1. The Labute approximate surface area is 213 Å². The summed E-state index contributed by atoms with van der Waals surface area (Å²) in [7, 11) is 0. The zero-order valence-electron chi connectivity index (χ0n) is 19.1. The summed E-state index contributed by atoms with van der Waals surface area (Å²) in [6, 6.07) is 24.0. The molecule has 4 rings (SSSR count). The molecule has 186 valence electrons. The van der Waals surface area contributed by atoms with Crippen LogP contribution in [-0.4, -0.2) is 59.3 Å². The van der Waals surface area contributed by atoms with Gasteiger partial charge in [0.05, 0.1) is 16.4 Å². The highest BCUT2D eigenvalue weighted by atomic mass is 32.1. The van der Waals surface area contributed by atoms with Crippen molar-refractivity contribution in [3.63, 3.8) is 0 Å². The standard InChI is InChI=1S/C27H25NO7S/c29-24(17-10-4-1-5-11-17)28-21-22(35-26(31)19-14-8-3-9-15-19)23(36)20(34-27(21)32)16-33-25(30)18-12-6-2-7-13-18/h1-15,20-23,27,32,36H,16H2,(H,28,29)/t20-,21-,22-,23+,27+/m1/s1. The van der Waals surface area contributed by atoms with E-state index < -0.39 is 47.6 Å². The van der Waals surface area contributed by atoms with Gasteiger partial charge in [0.1, 0.15) is 24.9 Å². The predicted octanol–water partition coefficient (Wildman–Crippen LogP) is 2.88. The summed E-state index contributed by atoms with van der Waals surface area (Å²) in [5.41, 5.74) is 0.997. The van der Waals surface area contributed by atoms with Gasteiger partial charge in [-0.05, 0) is 36.4 Å². The molecule has 0 spiro atoms. The van der Waals surface area contributed by atoms with Gasteiger partial charge in [0, 0.05) is 5.56 Å². The molecule has 1 fully saturated rings. The highest BCUT2D eigenvalue weighted by molar-refractivity contribution is 7.81. The minimum Gasteiger partial charge on any atom is -0.459 e. The number of carbonyl (C=O) groups excluding carboxylic acids is 3. The first kappa shape index (κ1) is 25.4. The van der Waals surface area contributed by atoms with Crippen molar-refractivity contribution in [2.75, 3.05) is 6.61 Å². The fourth-order valence-corrected chi connectivity index (χ4v) is 4.17. The zero-order chi connectivity index (χ0) is 25.5. The molecule has 0 saturated carbocycles. The molecule has 1 heterocycles. The van der Waals surface area contributed by atoms with Gasteiger partial charge in [-0.25, -0.2) is 9.59 Å². The smallest absolute Gasteiger partial charge is 0.338 e. The molecule has 1 amide bonds. The van der Waals surface area contributed by atoms with E-state index in [4.69, 9.17) is 14.2 Å². The summed E-state index contributed by atoms with van der Waals surface area (Å²) in [6.45, 7) is -0.252. The van der Waals surface area contributed by atoms with E-state index in [0.29, 0.717) is 16.7 Å². The Morgan fingerprint density at radius 2 is 1.31 bits per heavy atom. The van der Waals surface area contributed by atoms with Gasteiger partial charge in [0.15, 0.2) is 6.29 Å². The van der Waals surface area contributed by atoms with Gasteiger partial charge in [-0.1, -0.05) is 54.6 Å². The number of aliphatic hydroxyl groups is 1. The maximum atomic E-state index is 12.8. The van der Waals surface area contributed by atoms with Crippen molar-refractivity contribution in [3.05, 3.63) is 108 Å². The first-order chi connectivity index (χ1) is 17.4. The lowest BCUT2D eigenvalue weighted by Crippen LogP contribution is -2.64. The predicted molar refractivity (Wildman–Crippen MR) is 134 cm³/mol. The molecular weight excluding hydrogens is 482 g/mol. The second-order valence-electron chi connectivity index (χ2n) is 8.12. The number of rotatable bonds is 7. The van der Waals surface area contributed by atoms with Crippen molar-refractivity contribution in [1.29, 1.82) is 0 Å². The summed E-state index contributed by atoms with van der Waals surface area (Å²) in [4.78, 5) is 38.0. The van der Waals surface area contributed by atoms with Crippen molar-refractivity contribution in [2.45, 2.75) is 29.8 Å². The molecule has 1 aliphatic heterocycles. The molecule has 0 aliphatic carbocycles. The Bertz CT molecular complexity index is 1180. The number of thiol groups is 1. The number of esters is 2. The number of aliphatic hydroxyl groups excluding tert-OH is 1. The van der Waals surface area contributed by atoms with Gasteiger partial charge in [-0.3, -0.25) is 4.79 Å². The molecule has 2 N–H and O–H groups in total. The topological polar surface area (TPSA) is 111 Å². The Morgan fingerprint density at radius 3 is 1.86 bits per heavy atom. The summed E-state index contributed by atoms with van der Waals surface area (Å²) in [5, 5.41) is 12.6. The number of benzene rings is 3. The van der Waals surface area contributed by atoms with E-state index in [0.717, 1.165) is 0 Å². The zero-order valence-corrected chi connectivity index (χ0v) is 20.0. The molecule has 8 nitrogen and oxygen atoms in total. The van der Waals surface area contributed by atoms with Crippen LogP contribution in [0.3, 0.4) is 0 Å². The molecule has 0 unspecified atom stereocenters. The van der Waals surface area contributed by atoms with E-state index in [1.54, 1.807) is 91.0 Å². The average Bonchev–Trinajstić information content (AvgIpc) is 2.92. The van der Waals surface area contributed by atoms with Crippen LogP contribution in [-0.2, 0) is 14.2 Å². The fourth-order valence-electron chi connectivity index (χ4n) is 3.77. The average molecular weight is 508 g/mol. The van der Waals surface area contributed by atoms with Gasteiger partial charge < -0.3 is 24.6 Å². The number of hydrogen-bond donors (Lipinski definition) is 3. The van der Waals surface area contributed by atoms with E-state index in [-0.39, 0.29) is 6.61 Å². The number of hydrogen-bond acceptors (Lipinski definition) is 8. The lowest BCUT2D eigenvalue weighted by atomic mass is 9.98. The van der Waals surface area contributed by atoms with Crippen LogP contribution in [0.15, 0.2) is 91.0 Å². The quantitative estimate of drug-likeness (QED) is 0.333. The first-order valence-corrected chi connectivity index (χ1v) is 11.8. The Hall–Kier alpha value is -3.66. The van der Waals surface area contributed by atoms with Crippen molar-refractivity contribution in [3.8, 4) is 0 Å². The van der Waals surface area contributed by atoms with E-state index in [1.165, 1.54) is 0 Å². The SMILES string of the molecule is O=C(N[C@@H]1[C@@H](OC(=O)c2ccccc2)[C@@H](S)[C@@H](COC(=O)c2ccccc2)O[C@@H]1O)c1ccccc1. The van der Waals surface area contributed by atoms with Gasteiger partial charge in [0.2, 0.25) is 0 Å². The third-order valence-corrected chi connectivity index (χ3v) is 6.29. The first-order valence-electron chi connectivity index (χ1n) is 11.3. The van der Waals surface area contributed by atoms with Crippen LogP contribution in [0.5, 0.6) is 0 Å². The highest BCUT2D eigenvalue weighted by Crippen LogP contribution is 2.28. The second kappa shape index (κ2) is 11.9. The second-order valence-corrected chi connectivity index (χ2v) is 8.72. The van der Waals surface area contributed by atoms with Gasteiger partial charge in [-0.2, -0.15) is 12.6 Å². The molecule has 3 aromatic rings. The molecule has 1 saturated heterocycles. The van der Waals surface area contributed by atoms with Crippen molar-refractivity contribution in [1.82, 2.24) is 5.32 Å². The summed E-state index contributed by atoms with van der Waals surface area (Å²) < 4.78 is 16.7. The third kappa shape index (κ3) is 6.12. The molecule has 0 radical (unpaired) electrons. The molecule has 0 bridgehead atoms. The van der Waals surface area contributed by atoms with Crippen LogP contribution in [0.25, 0.3) is 0 Å². The van der Waals surface area contributed by atoms with Gasteiger partial charge >= 0.3 is 11.9 Å². The molecule has 1 aliphatic rings. The summed E-state index contributed by atoms with van der Waals surface area (Å²) >= 11 is 4.58. The van der Waals surface area contributed by atoms with Crippen LogP contribution in [0, 0.1) is 0 Å². The molecular formula is C27H25NO7S. The highest BCUT2D eigenvalue weighted by Gasteiger charge is 2.47. The van der Waals surface area contributed by atoms with Crippen LogP contribution >= 0.6 is 12.6 Å². The molecule has 3 aromatic carbocycles. The Balaban J connectivity index is 1.52. The lowest BCUT2D eigenvalue weighted by molar-refractivity contribution is -0.208. The van der Waals surface area contributed by atoms with Crippen LogP contribution in [0.2, 0.25) is 0 Å². The Morgan fingerprint density at radius 1 is 0.806 bits per heavy atom. The Kier molecular flexibility index (Phi) is 8.37. The van der Waals surface area contributed by atoms with Crippen molar-refractivity contribution < 1.29 is 33.7 Å². The molecule has 36 heavy (non-hydrogen) atoms. The monoisotopic (exact) mass is 507 g/mol. The maximum Gasteiger partial charge on any atom is 0.338 e.